The zero-order valence-corrected chi connectivity index (χ0v) is 16.8. The molecule has 0 saturated carbocycles. The zero-order valence-electron chi connectivity index (χ0n) is 16.8. The second-order valence-electron chi connectivity index (χ2n) is 7.72. The van der Waals surface area contributed by atoms with Gasteiger partial charge < -0.3 is 10.3 Å². The molecule has 2 aromatic carbocycles. The predicted octanol–water partition coefficient (Wildman–Crippen LogP) is 3.54. The smallest absolute Gasteiger partial charge is 0.269 e. The van der Waals surface area contributed by atoms with Gasteiger partial charge >= 0.3 is 0 Å². The van der Waals surface area contributed by atoms with Gasteiger partial charge in [0.05, 0.1) is 6.54 Å². The summed E-state index contributed by atoms with van der Waals surface area (Å²) in [6.45, 7) is 4.10. The Morgan fingerprint density at radius 1 is 1.00 bits per heavy atom. The molecule has 2 amide bonds. The molecule has 0 bridgehead atoms. The molecule has 6 heteroatoms. The molecule has 0 radical (unpaired) electrons. The highest BCUT2D eigenvalue weighted by Crippen LogP contribution is 2.29. The van der Waals surface area contributed by atoms with Crippen molar-refractivity contribution in [2.45, 2.75) is 39.5 Å². The van der Waals surface area contributed by atoms with Gasteiger partial charge in [0.15, 0.2) is 0 Å². The fraction of sp³-hybridized carbons (Fsp3) is 0.304. The number of aromatic amines is 1. The average Bonchev–Trinajstić information content (AvgIpc) is 3.09. The first-order chi connectivity index (χ1) is 14.0. The lowest BCUT2D eigenvalue weighted by Gasteiger charge is -2.12. The van der Waals surface area contributed by atoms with Crippen molar-refractivity contribution in [3.05, 3.63) is 64.3 Å². The maximum absolute atomic E-state index is 12.5. The SMILES string of the molecule is Cc1ccc(NCC(=O)NNC(=O)c2ccc3[nH]c4c(c3c2)CCCC4)c(C)c1. The number of aryl methyl sites for hydroxylation is 4. The van der Waals surface area contributed by atoms with Crippen LogP contribution in [0.5, 0.6) is 0 Å². The molecule has 0 unspecified atom stereocenters. The summed E-state index contributed by atoms with van der Waals surface area (Å²) in [5.41, 5.74) is 12.3. The largest absolute Gasteiger partial charge is 0.376 e. The summed E-state index contributed by atoms with van der Waals surface area (Å²) in [5, 5.41) is 4.20. The van der Waals surface area contributed by atoms with Gasteiger partial charge in [-0.2, -0.15) is 0 Å². The summed E-state index contributed by atoms with van der Waals surface area (Å²) in [4.78, 5) is 28.1. The lowest BCUT2D eigenvalue weighted by molar-refractivity contribution is -0.120. The summed E-state index contributed by atoms with van der Waals surface area (Å²) in [6, 6.07) is 11.6. The predicted molar refractivity (Wildman–Crippen MR) is 115 cm³/mol. The Morgan fingerprint density at radius 2 is 1.83 bits per heavy atom. The molecule has 0 spiro atoms. The highest BCUT2D eigenvalue weighted by molar-refractivity contribution is 6.00. The molecule has 1 aromatic heterocycles. The van der Waals surface area contributed by atoms with Gasteiger partial charge in [0.2, 0.25) is 0 Å². The van der Waals surface area contributed by atoms with Crippen LogP contribution in [0, 0.1) is 13.8 Å². The first kappa shape index (κ1) is 19.1. The fourth-order valence-electron chi connectivity index (χ4n) is 3.98. The van der Waals surface area contributed by atoms with Gasteiger partial charge in [-0.15, -0.1) is 0 Å². The third kappa shape index (κ3) is 4.11. The molecule has 150 valence electrons. The minimum Gasteiger partial charge on any atom is -0.376 e. The Labute approximate surface area is 170 Å². The Morgan fingerprint density at radius 3 is 2.66 bits per heavy atom. The van der Waals surface area contributed by atoms with E-state index in [-0.39, 0.29) is 18.4 Å². The number of rotatable bonds is 4. The number of fused-ring (bicyclic) bond motifs is 3. The van der Waals surface area contributed by atoms with E-state index in [9.17, 15) is 9.59 Å². The van der Waals surface area contributed by atoms with Crippen LogP contribution in [0.15, 0.2) is 36.4 Å². The van der Waals surface area contributed by atoms with E-state index in [0.717, 1.165) is 35.0 Å². The van der Waals surface area contributed by atoms with Gasteiger partial charge in [0.25, 0.3) is 11.8 Å². The van der Waals surface area contributed by atoms with Crippen molar-refractivity contribution in [2.75, 3.05) is 11.9 Å². The standard InChI is InChI=1S/C23H26N4O2/c1-14-7-9-19(15(2)11-14)24-13-22(28)26-27-23(29)16-8-10-21-18(12-16)17-5-3-4-6-20(17)25-21/h7-12,24-25H,3-6,13H2,1-2H3,(H,26,28)(H,27,29). The summed E-state index contributed by atoms with van der Waals surface area (Å²) in [5.74, 6) is -0.629. The van der Waals surface area contributed by atoms with Gasteiger partial charge in [0.1, 0.15) is 0 Å². The van der Waals surface area contributed by atoms with Crippen LogP contribution < -0.4 is 16.2 Å². The number of hydrogen-bond acceptors (Lipinski definition) is 3. The first-order valence-electron chi connectivity index (χ1n) is 10.0. The molecular formula is C23H26N4O2. The Kier molecular flexibility index (Phi) is 5.25. The third-order valence-corrected chi connectivity index (χ3v) is 5.50. The number of H-pyrrole nitrogens is 1. The number of nitrogens with one attached hydrogen (secondary N) is 4. The van der Waals surface area contributed by atoms with Crippen LogP contribution in [0.1, 0.15) is 45.6 Å². The maximum atomic E-state index is 12.5. The van der Waals surface area contributed by atoms with Crippen LogP contribution in [0.2, 0.25) is 0 Å². The number of hydrazine groups is 1. The first-order valence-corrected chi connectivity index (χ1v) is 10.0. The lowest BCUT2D eigenvalue weighted by atomic mass is 9.95. The van der Waals surface area contributed by atoms with E-state index >= 15 is 0 Å². The normalized spacial score (nSPS) is 13.0. The molecule has 0 fully saturated rings. The Hall–Kier alpha value is -3.28. The number of anilines is 1. The van der Waals surface area contributed by atoms with Gasteiger partial charge in [0, 0.05) is 27.8 Å². The maximum Gasteiger partial charge on any atom is 0.269 e. The number of hydrogen-bond donors (Lipinski definition) is 4. The van der Waals surface area contributed by atoms with E-state index in [0.29, 0.717) is 5.56 Å². The summed E-state index contributed by atoms with van der Waals surface area (Å²) in [7, 11) is 0. The second-order valence-corrected chi connectivity index (χ2v) is 7.72. The van der Waals surface area contributed by atoms with E-state index in [1.54, 1.807) is 6.07 Å². The minimum atomic E-state index is -0.322. The summed E-state index contributed by atoms with van der Waals surface area (Å²) < 4.78 is 0. The molecule has 1 heterocycles. The van der Waals surface area contributed by atoms with Gasteiger partial charge in [-0.1, -0.05) is 17.7 Å². The topological polar surface area (TPSA) is 86.0 Å². The molecule has 0 saturated heterocycles. The molecule has 1 aliphatic carbocycles. The molecule has 4 N–H and O–H groups in total. The number of aromatic nitrogens is 1. The monoisotopic (exact) mass is 390 g/mol. The molecule has 0 aliphatic heterocycles. The van der Waals surface area contributed by atoms with Crippen molar-refractivity contribution in [1.29, 1.82) is 0 Å². The van der Waals surface area contributed by atoms with Crippen LogP contribution in [-0.2, 0) is 17.6 Å². The van der Waals surface area contributed by atoms with Crippen LogP contribution >= 0.6 is 0 Å². The van der Waals surface area contributed by atoms with E-state index in [1.807, 2.05) is 38.1 Å². The van der Waals surface area contributed by atoms with Crippen molar-refractivity contribution < 1.29 is 9.59 Å². The van der Waals surface area contributed by atoms with E-state index < -0.39 is 0 Å². The molecular weight excluding hydrogens is 364 g/mol. The van der Waals surface area contributed by atoms with Gasteiger partial charge in [-0.3, -0.25) is 20.4 Å². The number of carbonyl (C=O) groups is 2. The molecule has 1 aliphatic rings. The van der Waals surface area contributed by atoms with Crippen molar-refractivity contribution in [2.24, 2.45) is 0 Å². The molecule has 4 rings (SSSR count). The Balaban J connectivity index is 1.36. The number of benzene rings is 2. The van der Waals surface area contributed by atoms with Crippen molar-refractivity contribution in [3.63, 3.8) is 0 Å². The van der Waals surface area contributed by atoms with Gasteiger partial charge in [-0.05, 0) is 74.9 Å². The number of carbonyl (C=O) groups excluding carboxylic acids is 2. The molecule has 3 aromatic rings. The van der Waals surface area contributed by atoms with Crippen LogP contribution in [-0.4, -0.2) is 23.3 Å². The minimum absolute atomic E-state index is 0.0779. The fourth-order valence-corrected chi connectivity index (χ4v) is 3.98. The third-order valence-electron chi connectivity index (χ3n) is 5.50. The number of amides is 2. The average molecular weight is 390 g/mol. The zero-order chi connectivity index (χ0) is 20.4. The lowest BCUT2D eigenvalue weighted by Crippen LogP contribution is -2.44. The van der Waals surface area contributed by atoms with Crippen molar-refractivity contribution in [3.8, 4) is 0 Å². The van der Waals surface area contributed by atoms with Crippen LogP contribution in [0.25, 0.3) is 10.9 Å². The Bertz CT molecular complexity index is 1080. The molecule has 29 heavy (non-hydrogen) atoms. The van der Waals surface area contributed by atoms with Crippen molar-refractivity contribution in [1.82, 2.24) is 15.8 Å². The quantitative estimate of drug-likeness (QED) is 0.514. The highest BCUT2D eigenvalue weighted by Gasteiger charge is 2.17. The van der Waals surface area contributed by atoms with E-state index in [2.05, 4.69) is 27.2 Å². The van der Waals surface area contributed by atoms with Crippen LogP contribution in [0.3, 0.4) is 0 Å². The summed E-state index contributed by atoms with van der Waals surface area (Å²) in [6.07, 6.45) is 4.49. The van der Waals surface area contributed by atoms with Crippen LogP contribution in [0.4, 0.5) is 5.69 Å². The van der Waals surface area contributed by atoms with E-state index in [1.165, 1.54) is 29.7 Å². The second kappa shape index (κ2) is 7.99. The van der Waals surface area contributed by atoms with Crippen molar-refractivity contribution >= 4 is 28.4 Å². The van der Waals surface area contributed by atoms with E-state index in [4.69, 9.17) is 0 Å². The molecule has 6 nitrogen and oxygen atoms in total. The molecule has 0 atom stereocenters. The van der Waals surface area contributed by atoms with Gasteiger partial charge in [-0.25, -0.2) is 0 Å². The highest BCUT2D eigenvalue weighted by atomic mass is 16.2. The summed E-state index contributed by atoms with van der Waals surface area (Å²) >= 11 is 0.